The summed E-state index contributed by atoms with van der Waals surface area (Å²) in [6, 6.07) is 3.95. The maximum Gasteiger partial charge on any atom is 0.307 e. The van der Waals surface area contributed by atoms with Gasteiger partial charge < -0.3 is 10.4 Å². The minimum absolute atomic E-state index is 0.186. The fourth-order valence-electron chi connectivity index (χ4n) is 2.08. The number of carbonyl (C=O) groups excluding carboxylic acids is 1. The standard InChI is InChI=1S/C14H17NO3/c1-7-4-9(3)12(5-8(7)2)15-13(16)10-6-11(10)14(17)18/h4-5,10-11H,6H2,1-3H3,(H,15,16)(H,17,18). The summed E-state index contributed by atoms with van der Waals surface area (Å²) in [5.74, 6) is -1.94. The third kappa shape index (κ3) is 2.37. The molecule has 1 aliphatic rings. The van der Waals surface area contributed by atoms with Crippen molar-refractivity contribution in [3.05, 3.63) is 28.8 Å². The number of anilines is 1. The predicted octanol–water partition coefficient (Wildman–Crippen LogP) is 2.27. The second-order valence-electron chi connectivity index (χ2n) is 5.03. The monoisotopic (exact) mass is 247 g/mol. The number of benzene rings is 1. The molecule has 0 aliphatic heterocycles. The van der Waals surface area contributed by atoms with E-state index in [2.05, 4.69) is 5.32 Å². The lowest BCUT2D eigenvalue weighted by Gasteiger charge is -2.11. The fourth-order valence-corrected chi connectivity index (χ4v) is 2.08. The van der Waals surface area contributed by atoms with E-state index in [0.29, 0.717) is 6.42 Å². The van der Waals surface area contributed by atoms with Crippen LogP contribution in [-0.2, 0) is 9.59 Å². The summed E-state index contributed by atoms with van der Waals surface area (Å²) in [5.41, 5.74) is 4.07. The minimum atomic E-state index is -0.882. The first-order valence-electron chi connectivity index (χ1n) is 6.01. The molecular formula is C14H17NO3. The van der Waals surface area contributed by atoms with Crippen molar-refractivity contribution in [2.75, 3.05) is 5.32 Å². The maximum absolute atomic E-state index is 11.9. The van der Waals surface area contributed by atoms with Crippen molar-refractivity contribution in [1.82, 2.24) is 0 Å². The Morgan fingerprint density at radius 2 is 1.72 bits per heavy atom. The van der Waals surface area contributed by atoms with Gasteiger partial charge >= 0.3 is 5.97 Å². The van der Waals surface area contributed by atoms with Gasteiger partial charge in [0.05, 0.1) is 11.8 Å². The minimum Gasteiger partial charge on any atom is -0.481 e. The van der Waals surface area contributed by atoms with Crippen LogP contribution < -0.4 is 5.32 Å². The number of aryl methyl sites for hydroxylation is 3. The summed E-state index contributed by atoms with van der Waals surface area (Å²) in [6.07, 6.45) is 0.449. The molecule has 1 aromatic carbocycles. The Morgan fingerprint density at radius 3 is 2.28 bits per heavy atom. The first kappa shape index (κ1) is 12.6. The fraction of sp³-hybridized carbons (Fsp3) is 0.429. The number of aliphatic carboxylic acids is 1. The van der Waals surface area contributed by atoms with Gasteiger partial charge in [-0.3, -0.25) is 9.59 Å². The van der Waals surface area contributed by atoms with Crippen LogP contribution in [0.5, 0.6) is 0 Å². The van der Waals surface area contributed by atoms with Crippen LogP contribution in [0.3, 0.4) is 0 Å². The van der Waals surface area contributed by atoms with E-state index in [9.17, 15) is 9.59 Å². The zero-order chi connectivity index (χ0) is 13.4. The number of rotatable bonds is 3. The van der Waals surface area contributed by atoms with E-state index < -0.39 is 11.9 Å². The molecule has 2 N–H and O–H groups in total. The Morgan fingerprint density at radius 1 is 1.11 bits per heavy atom. The second-order valence-corrected chi connectivity index (χ2v) is 5.03. The van der Waals surface area contributed by atoms with Crippen molar-refractivity contribution in [3.63, 3.8) is 0 Å². The van der Waals surface area contributed by atoms with Crippen LogP contribution in [-0.4, -0.2) is 17.0 Å². The number of amides is 1. The number of carboxylic acid groups (broad SMARTS) is 1. The molecule has 0 radical (unpaired) electrons. The van der Waals surface area contributed by atoms with Crippen molar-refractivity contribution in [1.29, 1.82) is 0 Å². The number of carboxylic acids is 1. The van der Waals surface area contributed by atoms with E-state index in [4.69, 9.17) is 5.11 Å². The summed E-state index contributed by atoms with van der Waals surface area (Å²) < 4.78 is 0. The number of hydrogen-bond acceptors (Lipinski definition) is 2. The van der Waals surface area contributed by atoms with Gasteiger partial charge in [-0.1, -0.05) is 6.07 Å². The van der Waals surface area contributed by atoms with Crippen molar-refractivity contribution in [3.8, 4) is 0 Å². The largest absolute Gasteiger partial charge is 0.481 e. The molecule has 4 heteroatoms. The van der Waals surface area contributed by atoms with Crippen LogP contribution in [0.4, 0.5) is 5.69 Å². The summed E-state index contributed by atoms with van der Waals surface area (Å²) in [7, 11) is 0. The molecule has 1 saturated carbocycles. The second kappa shape index (κ2) is 4.44. The molecule has 1 aliphatic carbocycles. The molecule has 4 nitrogen and oxygen atoms in total. The molecule has 0 bridgehead atoms. The van der Waals surface area contributed by atoms with Crippen LogP contribution in [0.25, 0.3) is 0 Å². The normalized spacial score (nSPS) is 21.5. The first-order chi connectivity index (χ1) is 8.40. The van der Waals surface area contributed by atoms with Crippen LogP contribution in [0.2, 0.25) is 0 Å². The zero-order valence-corrected chi connectivity index (χ0v) is 10.8. The van der Waals surface area contributed by atoms with Gasteiger partial charge in [0.15, 0.2) is 0 Å². The molecule has 2 rings (SSSR count). The smallest absolute Gasteiger partial charge is 0.307 e. The molecule has 0 aromatic heterocycles. The summed E-state index contributed by atoms with van der Waals surface area (Å²) in [5, 5.41) is 11.6. The number of nitrogens with one attached hydrogen (secondary N) is 1. The lowest BCUT2D eigenvalue weighted by atomic mass is 10.0. The molecule has 0 saturated heterocycles. The van der Waals surface area contributed by atoms with Crippen LogP contribution in [0, 0.1) is 32.6 Å². The van der Waals surface area contributed by atoms with E-state index in [0.717, 1.165) is 16.8 Å². The van der Waals surface area contributed by atoms with Gasteiger partial charge in [0.2, 0.25) is 5.91 Å². The van der Waals surface area contributed by atoms with E-state index in [1.807, 2.05) is 32.9 Å². The molecule has 2 atom stereocenters. The Hall–Kier alpha value is -1.84. The SMILES string of the molecule is Cc1cc(C)c(NC(=O)C2CC2C(=O)O)cc1C. The predicted molar refractivity (Wildman–Crippen MR) is 68.5 cm³/mol. The average Bonchev–Trinajstić information content (AvgIpc) is 3.05. The highest BCUT2D eigenvalue weighted by atomic mass is 16.4. The maximum atomic E-state index is 11.9. The van der Waals surface area contributed by atoms with Gasteiger partial charge in [-0.2, -0.15) is 0 Å². The highest BCUT2D eigenvalue weighted by molar-refractivity contribution is 5.98. The number of carbonyl (C=O) groups is 2. The van der Waals surface area contributed by atoms with Gasteiger partial charge in [0.25, 0.3) is 0 Å². The Kier molecular flexibility index (Phi) is 3.11. The van der Waals surface area contributed by atoms with E-state index >= 15 is 0 Å². The summed E-state index contributed by atoms with van der Waals surface area (Å²) >= 11 is 0. The molecule has 96 valence electrons. The third-order valence-corrected chi connectivity index (χ3v) is 3.54. The summed E-state index contributed by atoms with van der Waals surface area (Å²) in [4.78, 5) is 22.6. The van der Waals surface area contributed by atoms with Crippen LogP contribution in [0.1, 0.15) is 23.1 Å². The average molecular weight is 247 g/mol. The van der Waals surface area contributed by atoms with Crippen LogP contribution in [0.15, 0.2) is 12.1 Å². The molecular weight excluding hydrogens is 230 g/mol. The highest BCUT2D eigenvalue weighted by Crippen LogP contribution is 2.39. The lowest BCUT2D eigenvalue weighted by Crippen LogP contribution is -2.17. The quantitative estimate of drug-likeness (QED) is 0.861. The lowest BCUT2D eigenvalue weighted by molar-refractivity contribution is -0.139. The van der Waals surface area contributed by atoms with Crippen molar-refractivity contribution in [2.45, 2.75) is 27.2 Å². The zero-order valence-electron chi connectivity index (χ0n) is 10.8. The molecule has 0 spiro atoms. The summed E-state index contributed by atoms with van der Waals surface area (Å²) in [6.45, 7) is 5.94. The molecule has 2 unspecified atom stereocenters. The number of hydrogen-bond donors (Lipinski definition) is 2. The first-order valence-corrected chi connectivity index (χ1v) is 6.01. The van der Waals surface area contributed by atoms with Crippen molar-refractivity contribution in [2.24, 2.45) is 11.8 Å². The molecule has 1 fully saturated rings. The van der Waals surface area contributed by atoms with Gasteiger partial charge in [-0.25, -0.2) is 0 Å². The van der Waals surface area contributed by atoms with Gasteiger partial charge in [-0.15, -0.1) is 0 Å². The molecule has 18 heavy (non-hydrogen) atoms. The third-order valence-electron chi connectivity index (χ3n) is 3.54. The molecule has 1 amide bonds. The van der Waals surface area contributed by atoms with Gasteiger partial charge in [0.1, 0.15) is 0 Å². The Bertz CT molecular complexity index is 522. The molecule has 0 heterocycles. The van der Waals surface area contributed by atoms with Crippen molar-refractivity contribution >= 4 is 17.6 Å². The van der Waals surface area contributed by atoms with E-state index in [1.165, 1.54) is 5.56 Å². The van der Waals surface area contributed by atoms with E-state index in [1.54, 1.807) is 0 Å². The molecule has 1 aromatic rings. The van der Waals surface area contributed by atoms with Crippen molar-refractivity contribution < 1.29 is 14.7 Å². The van der Waals surface area contributed by atoms with Gasteiger partial charge in [0, 0.05) is 5.69 Å². The Labute approximate surface area is 106 Å². The Balaban J connectivity index is 2.09. The van der Waals surface area contributed by atoms with E-state index in [-0.39, 0.29) is 11.8 Å². The highest BCUT2D eigenvalue weighted by Gasteiger charge is 2.48. The topological polar surface area (TPSA) is 66.4 Å². The van der Waals surface area contributed by atoms with Gasteiger partial charge in [-0.05, 0) is 49.9 Å². The van der Waals surface area contributed by atoms with Crippen LogP contribution >= 0.6 is 0 Å².